The molecule has 1 unspecified atom stereocenters. The van der Waals surface area contributed by atoms with Gasteiger partial charge in [-0.15, -0.1) is 0 Å². The summed E-state index contributed by atoms with van der Waals surface area (Å²) in [5.74, 6) is -0.532. The Kier molecular flexibility index (Phi) is 2.40. The monoisotopic (exact) mass is 245 g/mol. The zero-order chi connectivity index (χ0) is 12.8. The van der Waals surface area contributed by atoms with Gasteiger partial charge in [-0.1, -0.05) is 12.1 Å². The number of nitrogens with one attached hydrogen (secondary N) is 1. The number of carbonyl (C=O) groups excluding carboxylic acids is 1. The number of aliphatic carboxylic acids is 1. The summed E-state index contributed by atoms with van der Waals surface area (Å²) in [7, 11) is 0. The summed E-state index contributed by atoms with van der Waals surface area (Å²) in [6, 6.07) is 7.00. The summed E-state index contributed by atoms with van der Waals surface area (Å²) >= 11 is 0. The van der Waals surface area contributed by atoms with E-state index >= 15 is 0 Å². The Labute approximate surface area is 105 Å². The van der Waals surface area contributed by atoms with E-state index in [9.17, 15) is 9.59 Å². The van der Waals surface area contributed by atoms with E-state index in [0.29, 0.717) is 5.41 Å². The lowest BCUT2D eigenvalue weighted by atomic mass is 10.1. The quantitative estimate of drug-likeness (QED) is 0.853. The third kappa shape index (κ3) is 2.10. The van der Waals surface area contributed by atoms with Crippen LogP contribution < -0.4 is 5.32 Å². The maximum Gasteiger partial charge on any atom is 0.307 e. The maximum absolute atomic E-state index is 11.9. The second kappa shape index (κ2) is 3.83. The van der Waals surface area contributed by atoms with Crippen LogP contribution in [0.5, 0.6) is 0 Å². The molecule has 1 atom stereocenters. The molecule has 4 nitrogen and oxygen atoms in total. The smallest absolute Gasteiger partial charge is 0.307 e. The van der Waals surface area contributed by atoms with Gasteiger partial charge in [0.25, 0.3) is 0 Å². The highest BCUT2D eigenvalue weighted by Gasteiger charge is 2.65. The molecule has 0 aliphatic heterocycles. The number of benzene rings is 1. The highest BCUT2D eigenvalue weighted by Crippen LogP contribution is 2.70. The lowest BCUT2D eigenvalue weighted by Crippen LogP contribution is -2.15. The molecule has 94 valence electrons. The largest absolute Gasteiger partial charge is 0.481 e. The van der Waals surface area contributed by atoms with Gasteiger partial charge in [0.2, 0.25) is 5.91 Å². The van der Waals surface area contributed by atoms with E-state index in [-0.39, 0.29) is 18.2 Å². The molecule has 4 heteroatoms. The fourth-order valence-electron chi connectivity index (χ4n) is 2.54. The maximum atomic E-state index is 11.9. The molecule has 1 aromatic carbocycles. The molecule has 2 saturated carbocycles. The normalized spacial score (nSPS) is 22.6. The van der Waals surface area contributed by atoms with E-state index in [1.54, 1.807) is 24.3 Å². The fourth-order valence-corrected chi connectivity index (χ4v) is 2.54. The standard InChI is InChI=1S/C14H15NO3/c16-12(17)7-9-1-3-10(4-2-9)15-13(18)11-8-14(11)5-6-14/h1-4,11H,5-8H2,(H,15,18)(H,16,17). The first-order chi connectivity index (χ1) is 8.59. The Morgan fingerprint density at radius 2 is 1.94 bits per heavy atom. The first kappa shape index (κ1) is 11.3. The second-order valence-electron chi connectivity index (χ2n) is 5.38. The number of hydrogen-bond acceptors (Lipinski definition) is 2. The third-order valence-electron chi connectivity index (χ3n) is 3.98. The van der Waals surface area contributed by atoms with Crippen LogP contribution in [0.15, 0.2) is 24.3 Å². The Hall–Kier alpha value is -1.84. The Morgan fingerprint density at radius 1 is 1.28 bits per heavy atom. The van der Waals surface area contributed by atoms with E-state index in [2.05, 4.69) is 5.32 Å². The van der Waals surface area contributed by atoms with Crippen LogP contribution in [0.2, 0.25) is 0 Å². The molecule has 2 N–H and O–H groups in total. The average Bonchev–Trinajstić information content (AvgIpc) is 3.22. The van der Waals surface area contributed by atoms with Crippen molar-refractivity contribution in [2.24, 2.45) is 11.3 Å². The Bertz CT molecular complexity index is 502. The van der Waals surface area contributed by atoms with Crippen molar-refractivity contribution in [3.8, 4) is 0 Å². The summed E-state index contributed by atoms with van der Waals surface area (Å²) in [4.78, 5) is 22.4. The molecule has 1 spiro atoms. The van der Waals surface area contributed by atoms with Crippen molar-refractivity contribution in [3.63, 3.8) is 0 Å². The third-order valence-corrected chi connectivity index (χ3v) is 3.98. The van der Waals surface area contributed by atoms with Crippen molar-refractivity contribution in [2.45, 2.75) is 25.7 Å². The molecule has 0 bridgehead atoms. The van der Waals surface area contributed by atoms with Gasteiger partial charge in [0.05, 0.1) is 6.42 Å². The molecule has 1 amide bonds. The molecule has 1 aromatic rings. The Balaban J connectivity index is 1.59. The first-order valence-electron chi connectivity index (χ1n) is 6.21. The van der Waals surface area contributed by atoms with Crippen LogP contribution in [-0.2, 0) is 16.0 Å². The van der Waals surface area contributed by atoms with Gasteiger partial charge in [0.1, 0.15) is 0 Å². The first-order valence-corrected chi connectivity index (χ1v) is 6.21. The molecule has 0 saturated heterocycles. The molecular weight excluding hydrogens is 230 g/mol. The topological polar surface area (TPSA) is 66.4 Å². The molecule has 0 aromatic heterocycles. The van der Waals surface area contributed by atoms with Crippen molar-refractivity contribution in [2.75, 3.05) is 5.32 Å². The van der Waals surface area contributed by atoms with E-state index < -0.39 is 5.97 Å². The molecule has 0 radical (unpaired) electrons. The predicted octanol–water partition coefficient (Wildman–Crippen LogP) is 2.05. The number of anilines is 1. The van der Waals surface area contributed by atoms with Crippen LogP contribution in [-0.4, -0.2) is 17.0 Å². The van der Waals surface area contributed by atoms with Crippen molar-refractivity contribution in [3.05, 3.63) is 29.8 Å². The summed E-state index contributed by atoms with van der Waals surface area (Å²) in [6.07, 6.45) is 3.45. The number of hydrogen-bond donors (Lipinski definition) is 2. The SMILES string of the molecule is O=C(O)Cc1ccc(NC(=O)C2CC23CC3)cc1. The van der Waals surface area contributed by atoms with Crippen molar-refractivity contribution in [1.29, 1.82) is 0 Å². The van der Waals surface area contributed by atoms with Crippen molar-refractivity contribution in [1.82, 2.24) is 0 Å². The highest BCUT2D eigenvalue weighted by atomic mass is 16.4. The molecule has 2 fully saturated rings. The van der Waals surface area contributed by atoms with Gasteiger partial charge in [-0.25, -0.2) is 0 Å². The van der Waals surface area contributed by atoms with Crippen LogP contribution >= 0.6 is 0 Å². The van der Waals surface area contributed by atoms with E-state index in [4.69, 9.17) is 5.11 Å². The molecule has 0 heterocycles. The van der Waals surface area contributed by atoms with E-state index in [1.165, 1.54) is 12.8 Å². The highest BCUT2D eigenvalue weighted by molar-refractivity contribution is 5.95. The van der Waals surface area contributed by atoms with Crippen LogP contribution in [0.4, 0.5) is 5.69 Å². The zero-order valence-corrected chi connectivity index (χ0v) is 9.98. The summed E-state index contributed by atoms with van der Waals surface area (Å²) < 4.78 is 0. The van der Waals surface area contributed by atoms with E-state index in [1.807, 2.05) is 0 Å². The van der Waals surface area contributed by atoms with Crippen molar-refractivity contribution >= 4 is 17.6 Å². The number of carbonyl (C=O) groups is 2. The lowest BCUT2D eigenvalue weighted by molar-refractivity contribution is -0.136. The average molecular weight is 245 g/mol. The van der Waals surface area contributed by atoms with Gasteiger partial charge in [-0.05, 0) is 42.4 Å². The van der Waals surface area contributed by atoms with Gasteiger partial charge >= 0.3 is 5.97 Å². The minimum absolute atomic E-state index is 0.0139. The zero-order valence-electron chi connectivity index (χ0n) is 9.98. The van der Waals surface area contributed by atoms with Crippen LogP contribution in [0.25, 0.3) is 0 Å². The number of carboxylic acid groups (broad SMARTS) is 1. The lowest BCUT2D eigenvalue weighted by Gasteiger charge is -2.05. The van der Waals surface area contributed by atoms with E-state index in [0.717, 1.165) is 17.7 Å². The summed E-state index contributed by atoms with van der Waals surface area (Å²) in [5.41, 5.74) is 1.86. The molecule has 2 aliphatic rings. The molecular formula is C14H15NO3. The van der Waals surface area contributed by atoms with Crippen LogP contribution in [0, 0.1) is 11.3 Å². The fraction of sp³-hybridized carbons (Fsp3) is 0.429. The number of carboxylic acids is 1. The number of rotatable bonds is 4. The second-order valence-corrected chi connectivity index (χ2v) is 5.38. The van der Waals surface area contributed by atoms with Gasteiger partial charge in [-0.3, -0.25) is 9.59 Å². The van der Waals surface area contributed by atoms with Crippen LogP contribution in [0.1, 0.15) is 24.8 Å². The van der Waals surface area contributed by atoms with Crippen molar-refractivity contribution < 1.29 is 14.7 Å². The van der Waals surface area contributed by atoms with Gasteiger partial charge in [0.15, 0.2) is 0 Å². The summed E-state index contributed by atoms with van der Waals surface area (Å²) in [6.45, 7) is 0. The summed E-state index contributed by atoms with van der Waals surface area (Å²) in [5, 5.41) is 11.6. The Morgan fingerprint density at radius 3 is 2.44 bits per heavy atom. The molecule has 2 aliphatic carbocycles. The van der Waals surface area contributed by atoms with Gasteiger partial charge < -0.3 is 10.4 Å². The minimum Gasteiger partial charge on any atom is -0.481 e. The molecule has 3 rings (SSSR count). The molecule has 18 heavy (non-hydrogen) atoms. The minimum atomic E-state index is -0.847. The van der Waals surface area contributed by atoms with Crippen LogP contribution in [0.3, 0.4) is 0 Å². The number of amides is 1. The predicted molar refractivity (Wildman–Crippen MR) is 66.2 cm³/mol. The van der Waals surface area contributed by atoms with Gasteiger partial charge in [-0.2, -0.15) is 0 Å². The van der Waals surface area contributed by atoms with Gasteiger partial charge in [0, 0.05) is 11.6 Å².